The molecule has 0 saturated heterocycles. The molecule has 1 atom stereocenters. The van der Waals surface area contributed by atoms with Crippen molar-refractivity contribution in [2.45, 2.75) is 58.5 Å². The van der Waals surface area contributed by atoms with Crippen LogP contribution in [0, 0.1) is 41.9 Å². The summed E-state index contributed by atoms with van der Waals surface area (Å²) in [6, 6.07) is 20.4. The lowest BCUT2D eigenvalue weighted by Crippen LogP contribution is -2.25. The molecular weight excluding hydrogens is 629 g/mol. The monoisotopic (exact) mass is 662 g/mol. The summed E-state index contributed by atoms with van der Waals surface area (Å²) in [6.07, 6.45) is 2.60. The van der Waals surface area contributed by atoms with E-state index in [0.29, 0.717) is 35.7 Å². The van der Waals surface area contributed by atoms with Crippen molar-refractivity contribution in [2.75, 3.05) is 0 Å². The second kappa shape index (κ2) is 13.5. The first kappa shape index (κ1) is 33.3. The van der Waals surface area contributed by atoms with E-state index in [4.69, 9.17) is 0 Å². The van der Waals surface area contributed by atoms with Gasteiger partial charge in [0.25, 0.3) is 0 Å². The van der Waals surface area contributed by atoms with Crippen molar-refractivity contribution in [3.63, 3.8) is 0 Å². The summed E-state index contributed by atoms with van der Waals surface area (Å²) in [5, 5.41) is 0. The first-order valence-electron chi connectivity index (χ1n) is 16.0. The molecule has 0 saturated carbocycles. The standard InChI is InChI=1S/C40H33F7O/c1-3-4-5-6-24-15-27-11-12-28(17-30(27)16-24)25-7-9-26(10-8-25)29-13-14-33(36(43)18-29)31-19-37(44)39(38(45)20-31)40(46,47)48-32-21-34(41)23(2)35(42)22-32/h7-14,17-22,24H,3-6,15-16H2,1-2H3. The van der Waals surface area contributed by atoms with Crippen LogP contribution in [0.15, 0.2) is 84.9 Å². The van der Waals surface area contributed by atoms with E-state index in [9.17, 15) is 26.3 Å². The Balaban J connectivity index is 1.18. The number of halogens is 7. The molecule has 8 heteroatoms. The van der Waals surface area contributed by atoms with Gasteiger partial charge in [-0.25, -0.2) is 22.0 Å². The molecule has 0 N–H and O–H groups in total. The smallest absolute Gasteiger partial charge is 0.429 e. The molecule has 1 aliphatic carbocycles. The molecule has 0 aromatic heterocycles. The molecule has 0 fully saturated rings. The van der Waals surface area contributed by atoms with Gasteiger partial charge in [0.2, 0.25) is 0 Å². The minimum Gasteiger partial charge on any atom is -0.429 e. The number of rotatable bonds is 10. The summed E-state index contributed by atoms with van der Waals surface area (Å²) >= 11 is 0. The number of unbranched alkanes of at least 4 members (excludes halogenated alkanes) is 2. The molecule has 0 aliphatic heterocycles. The third-order valence-electron chi connectivity index (χ3n) is 9.10. The van der Waals surface area contributed by atoms with Gasteiger partial charge in [0, 0.05) is 23.3 Å². The van der Waals surface area contributed by atoms with E-state index in [-0.39, 0.29) is 11.1 Å². The van der Waals surface area contributed by atoms with Crippen LogP contribution in [0.5, 0.6) is 5.75 Å². The fraction of sp³-hybridized carbons (Fsp3) is 0.250. The van der Waals surface area contributed by atoms with Crippen LogP contribution >= 0.6 is 0 Å². The Morgan fingerprint density at radius 1 is 0.604 bits per heavy atom. The number of ether oxygens (including phenoxy) is 1. The highest BCUT2D eigenvalue weighted by Gasteiger charge is 2.41. The third-order valence-corrected chi connectivity index (χ3v) is 9.10. The second-order valence-corrected chi connectivity index (χ2v) is 12.5. The normalized spacial score (nSPS) is 14.3. The van der Waals surface area contributed by atoms with Crippen molar-refractivity contribution >= 4 is 0 Å². The van der Waals surface area contributed by atoms with Gasteiger partial charge in [-0.1, -0.05) is 80.8 Å². The molecular formula is C40H33F7O. The molecule has 1 aliphatic rings. The van der Waals surface area contributed by atoms with E-state index < -0.39 is 52.1 Å². The van der Waals surface area contributed by atoms with Crippen molar-refractivity contribution in [1.82, 2.24) is 0 Å². The van der Waals surface area contributed by atoms with E-state index in [0.717, 1.165) is 36.5 Å². The minimum atomic E-state index is -4.63. The summed E-state index contributed by atoms with van der Waals surface area (Å²) in [5.74, 6) is -6.86. The van der Waals surface area contributed by atoms with Crippen LogP contribution < -0.4 is 4.74 Å². The quantitative estimate of drug-likeness (QED) is 0.107. The highest BCUT2D eigenvalue weighted by molar-refractivity contribution is 5.74. The predicted molar refractivity (Wildman–Crippen MR) is 173 cm³/mol. The van der Waals surface area contributed by atoms with Crippen LogP contribution in [0.25, 0.3) is 33.4 Å². The van der Waals surface area contributed by atoms with Gasteiger partial charge in [-0.2, -0.15) is 8.78 Å². The molecule has 5 aromatic rings. The molecule has 1 unspecified atom stereocenters. The first-order chi connectivity index (χ1) is 22.9. The maximum atomic E-state index is 15.3. The van der Waals surface area contributed by atoms with Gasteiger partial charge >= 0.3 is 6.11 Å². The minimum absolute atomic E-state index is 0.210. The van der Waals surface area contributed by atoms with Crippen LogP contribution in [0.4, 0.5) is 30.7 Å². The zero-order chi connectivity index (χ0) is 34.2. The molecule has 48 heavy (non-hydrogen) atoms. The number of fused-ring (bicyclic) bond motifs is 1. The second-order valence-electron chi connectivity index (χ2n) is 12.5. The van der Waals surface area contributed by atoms with Crippen molar-refractivity contribution in [1.29, 1.82) is 0 Å². The van der Waals surface area contributed by atoms with Crippen molar-refractivity contribution < 1.29 is 35.5 Å². The summed E-state index contributed by atoms with van der Waals surface area (Å²) in [7, 11) is 0. The Hall–Kier alpha value is -4.59. The van der Waals surface area contributed by atoms with E-state index in [2.05, 4.69) is 29.9 Å². The Kier molecular flexibility index (Phi) is 9.37. The van der Waals surface area contributed by atoms with Crippen LogP contribution in [0.3, 0.4) is 0 Å². The zero-order valence-corrected chi connectivity index (χ0v) is 26.5. The third kappa shape index (κ3) is 6.84. The highest BCUT2D eigenvalue weighted by atomic mass is 19.3. The molecule has 0 radical (unpaired) electrons. The van der Waals surface area contributed by atoms with Crippen molar-refractivity contribution in [2.24, 2.45) is 5.92 Å². The van der Waals surface area contributed by atoms with Gasteiger partial charge < -0.3 is 4.74 Å². The topological polar surface area (TPSA) is 9.23 Å². The average Bonchev–Trinajstić information content (AvgIpc) is 3.45. The van der Waals surface area contributed by atoms with Gasteiger partial charge in [-0.15, -0.1) is 0 Å². The summed E-state index contributed by atoms with van der Waals surface area (Å²) in [4.78, 5) is 0. The fourth-order valence-electron chi connectivity index (χ4n) is 6.45. The Bertz CT molecular complexity index is 1920. The number of hydrogen-bond donors (Lipinski definition) is 0. The van der Waals surface area contributed by atoms with Gasteiger partial charge in [-0.3, -0.25) is 0 Å². The maximum absolute atomic E-state index is 15.3. The maximum Gasteiger partial charge on any atom is 0.432 e. The van der Waals surface area contributed by atoms with Crippen LogP contribution in [0.2, 0.25) is 0 Å². The molecule has 0 bridgehead atoms. The molecule has 248 valence electrons. The van der Waals surface area contributed by atoms with Gasteiger partial charge in [-0.05, 0) is 89.2 Å². The number of hydrogen-bond acceptors (Lipinski definition) is 1. The lowest BCUT2D eigenvalue weighted by Gasteiger charge is -2.20. The Labute approximate surface area is 275 Å². The van der Waals surface area contributed by atoms with E-state index in [1.807, 2.05) is 24.3 Å². The van der Waals surface area contributed by atoms with Crippen molar-refractivity contribution in [3.05, 3.63) is 136 Å². The van der Waals surface area contributed by atoms with Gasteiger partial charge in [0.05, 0.1) is 0 Å². The molecule has 1 nitrogen and oxygen atoms in total. The lowest BCUT2D eigenvalue weighted by atomic mass is 9.96. The first-order valence-corrected chi connectivity index (χ1v) is 16.0. The largest absolute Gasteiger partial charge is 0.432 e. The van der Waals surface area contributed by atoms with Gasteiger partial charge in [0.1, 0.15) is 40.4 Å². The summed E-state index contributed by atoms with van der Waals surface area (Å²) in [5.41, 5.74) is 3.44. The lowest BCUT2D eigenvalue weighted by molar-refractivity contribution is -0.189. The van der Waals surface area contributed by atoms with Crippen LogP contribution in [-0.2, 0) is 19.0 Å². The Morgan fingerprint density at radius 3 is 1.75 bits per heavy atom. The highest BCUT2D eigenvalue weighted by Crippen LogP contribution is 2.39. The summed E-state index contributed by atoms with van der Waals surface area (Å²) in [6.45, 7) is 3.31. The van der Waals surface area contributed by atoms with Crippen LogP contribution in [0.1, 0.15) is 54.9 Å². The number of benzene rings is 5. The van der Waals surface area contributed by atoms with E-state index >= 15 is 4.39 Å². The average molecular weight is 663 g/mol. The molecule has 5 aromatic carbocycles. The molecule has 0 amide bonds. The zero-order valence-electron chi connectivity index (χ0n) is 26.5. The number of alkyl halides is 2. The molecule has 0 spiro atoms. The SMILES string of the molecule is CCCCCC1Cc2ccc(-c3ccc(-c4ccc(-c5cc(F)c(C(F)(F)Oc6cc(F)c(C)c(F)c6)c(F)c5)c(F)c4)cc3)cc2C1. The molecule has 0 heterocycles. The van der Waals surface area contributed by atoms with E-state index in [1.165, 1.54) is 48.9 Å². The van der Waals surface area contributed by atoms with Crippen LogP contribution in [-0.4, -0.2) is 0 Å². The van der Waals surface area contributed by atoms with Gasteiger partial charge in [0.15, 0.2) is 0 Å². The predicted octanol–water partition coefficient (Wildman–Crippen LogP) is 12.1. The summed E-state index contributed by atoms with van der Waals surface area (Å²) < 4.78 is 107. The van der Waals surface area contributed by atoms with Crippen molar-refractivity contribution in [3.8, 4) is 39.1 Å². The molecule has 6 rings (SSSR count). The fourth-order valence-corrected chi connectivity index (χ4v) is 6.45. The Morgan fingerprint density at radius 2 is 1.15 bits per heavy atom. The van der Waals surface area contributed by atoms with E-state index in [1.54, 1.807) is 6.07 Å².